The van der Waals surface area contributed by atoms with Crippen molar-refractivity contribution in [3.05, 3.63) is 0 Å². The lowest BCUT2D eigenvalue weighted by molar-refractivity contribution is -0.134. The van der Waals surface area contributed by atoms with E-state index in [4.69, 9.17) is 5.73 Å². The molecule has 5 nitrogen and oxygen atoms in total. The molecule has 4 N–H and O–H groups in total. The highest BCUT2D eigenvalue weighted by Crippen LogP contribution is 2.59. The minimum atomic E-state index is 0.184. The topological polar surface area (TPSA) is 84.2 Å². The molecule has 0 radical (unpaired) electrons. The van der Waals surface area contributed by atoms with Crippen molar-refractivity contribution in [1.82, 2.24) is 10.6 Å². The summed E-state index contributed by atoms with van der Waals surface area (Å²) in [6.45, 7) is 5.76. The van der Waals surface area contributed by atoms with Crippen molar-refractivity contribution >= 4 is 11.8 Å². The first-order valence-corrected chi connectivity index (χ1v) is 10.8. The van der Waals surface area contributed by atoms with Crippen LogP contribution in [0.3, 0.4) is 0 Å². The van der Waals surface area contributed by atoms with Crippen LogP contribution >= 0.6 is 0 Å². The lowest BCUT2D eigenvalue weighted by atomic mass is 9.52. The molecule has 1 heterocycles. The SMILES string of the molecule is CC1CC(=O)NC2CCC3C(CC(C)C4C(C(=O)NCCN)CCC34)C12. The second kappa shape index (κ2) is 7.14. The first-order valence-electron chi connectivity index (χ1n) is 10.8. The maximum absolute atomic E-state index is 12.7. The van der Waals surface area contributed by atoms with E-state index in [-0.39, 0.29) is 17.7 Å². The van der Waals surface area contributed by atoms with Gasteiger partial charge in [-0.05, 0) is 73.5 Å². The third kappa shape index (κ3) is 2.96. The van der Waals surface area contributed by atoms with E-state index in [2.05, 4.69) is 24.5 Å². The minimum absolute atomic E-state index is 0.184. The largest absolute Gasteiger partial charge is 0.355 e. The molecule has 26 heavy (non-hydrogen) atoms. The van der Waals surface area contributed by atoms with Gasteiger partial charge in [-0.3, -0.25) is 9.59 Å². The molecule has 0 spiro atoms. The molecule has 1 saturated heterocycles. The van der Waals surface area contributed by atoms with E-state index in [1.807, 2.05) is 0 Å². The Labute approximate surface area is 157 Å². The Balaban J connectivity index is 1.52. The van der Waals surface area contributed by atoms with Crippen molar-refractivity contribution in [3.8, 4) is 0 Å². The van der Waals surface area contributed by atoms with Crippen molar-refractivity contribution in [2.45, 2.75) is 58.4 Å². The van der Waals surface area contributed by atoms with Crippen LogP contribution in [0, 0.1) is 47.3 Å². The van der Waals surface area contributed by atoms with Gasteiger partial charge >= 0.3 is 0 Å². The van der Waals surface area contributed by atoms with Crippen LogP contribution in [0.4, 0.5) is 0 Å². The molecule has 0 bridgehead atoms. The number of amides is 2. The van der Waals surface area contributed by atoms with Gasteiger partial charge in [0.15, 0.2) is 0 Å². The number of hydrogen-bond acceptors (Lipinski definition) is 3. The zero-order valence-corrected chi connectivity index (χ0v) is 16.2. The predicted octanol–water partition coefficient (Wildman–Crippen LogP) is 1.91. The van der Waals surface area contributed by atoms with Gasteiger partial charge in [-0.25, -0.2) is 0 Å². The number of carbonyl (C=O) groups is 2. The van der Waals surface area contributed by atoms with Crippen molar-refractivity contribution in [1.29, 1.82) is 0 Å². The first-order chi connectivity index (χ1) is 12.5. The highest BCUT2D eigenvalue weighted by molar-refractivity contribution is 5.79. The van der Waals surface area contributed by atoms with Crippen LogP contribution in [0.15, 0.2) is 0 Å². The molecule has 0 aromatic carbocycles. The fourth-order valence-electron chi connectivity index (χ4n) is 7.50. The molecule has 3 aliphatic carbocycles. The molecule has 146 valence electrons. The monoisotopic (exact) mass is 361 g/mol. The smallest absolute Gasteiger partial charge is 0.223 e. The Hall–Kier alpha value is -1.10. The van der Waals surface area contributed by atoms with Crippen molar-refractivity contribution in [2.75, 3.05) is 13.1 Å². The van der Waals surface area contributed by atoms with Crippen LogP contribution in [-0.4, -0.2) is 30.9 Å². The van der Waals surface area contributed by atoms with E-state index >= 15 is 0 Å². The molecular formula is C21H35N3O2. The maximum atomic E-state index is 12.7. The number of piperidine rings is 1. The average molecular weight is 362 g/mol. The van der Waals surface area contributed by atoms with E-state index in [9.17, 15) is 9.59 Å². The highest BCUT2D eigenvalue weighted by Gasteiger charge is 2.56. The lowest BCUT2D eigenvalue weighted by Gasteiger charge is -2.55. The Kier molecular flexibility index (Phi) is 5.02. The second-order valence-corrected chi connectivity index (χ2v) is 9.56. The van der Waals surface area contributed by atoms with Gasteiger partial charge in [-0.1, -0.05) is 13.8 Å². The highest BCUT2D eigenvalue weighted by atomic mass is 16.2. The number of nitrogens with two attached hydrogens (primary N) is 1. The third-order valence-electron chi connectivity index (χ3n) is 8.23. The van der Waals surface area contributed by atoms with Gasteiger partial charge in [0.2, 0.25) is 11.8 Å². The maximum Gasteiger partial charge on any atom is 0.223 e. The van der Waals surface area contributed by atoms with Crippen LogP contribution in [-0.2, 0) is 9.59 Å². The minimum Gasteiger partial charge on any atom is -0.355 e. The second-order valence-electron chi connectivity index (χ2n) is 9.56. The van der Waals surface area contributed by atoms with Gasteiger partial charge in [0.1, 0.15) is 0 Å². The molecule has 1 aliphatic heterocycles. The van der Waals surface area contributed by atoms with E-state index in [1.54, 1.807) is 0 Å². The number of nitrogens with one attached hydrogen (secondary N) is 2. The number of rotatable bonds is 3. The van der Waals surface area contributed by atoms with Crippen LogP contribution in [0.5, 0.6) is 0 Å². The number of carbonyl (C=O) groups excluding carboxylic acids is 2. The molecule has 2 amide bonds. The molecule has 5 heteroatoms. The van der Waals surface area contributed by atoms with E-state index in [1.165, 1.54) is 19.3 Å². The zero-order chi connectivity index (χ0) is 18.4. The lowest BCUT2D eigenvalue weighted by Crippen LogP contribution is -2.58. The van der Waals surface area contributed by atoms with Crippen LogP contribution in [0.2, 0.25) is 0 Å². The summed E-state index contributed by atoms with van der Waals surface area (Å²) in [5, 5.41) is 6.34. The predicted molar refractivity (Wildman–Crippen MR) is 101 cm³/mol. The van der Waals surface area contributed by atoms with Gasteiger partial charge in [0.25, 0.3) is 0 Å². The number of hydrogen-bond donors (Lipinski definition) is 3. The molecule has 4 fully saturated rings. The Morgan fingerprint density at radius 3 is 2.62 bits per heavy atom. The summed E-state index contributed by atoms with van der Waals surface area (Å²) >= 11 is 0. The molecule has 0 aromatic rings. The molecule has 4 rings (SSSR count). The summed E-state index contributed by atoms with van der Waals surface area (Å²) in [6, 6.07) is 0.390. The summed E-state index contributed by atoms with van der Waals surface area (Å²) in [6.07, 6.45) is 6.52. The standard InChI is InChI=1S/C21H35N3O2/c1-11-9-16-13(5-6-17-20(16)12(2)10-18(25)24-17)14-3-4-15(19(11)14)21(26)23-8-7-22/h11-17,19-20H,3-10,22H2,1-2H3,(H,23,26)(H,24,25). The quantitative estimate of drug-likeness (QED) is 0.718. The zero-order valence-electron chi connectivity index (χ0n) is 16.2. The fourth-order valence-corrected chi connectivity index (χ4v) is 7.50. The van der Waals surface area contributed by atoms with Crippen molar-refractivity contribution in [2.24, 2.45) is 53.1 Å². The molecule has 4 aliphatic rings. The van der Waals surface area contributed by atoms with Crippen LogP contribution in [0.25, 0.3) is 0 Å². The molecule has 9 unspecified atom stereocenters. The summed E-state index contributed by atoms with van der Waals surface area (Å²) in [4.78, 5) is 24.6. The van der Waals surface area contributed by atoms with E-state index in [0.717, 1.165) is 24.7 Å². The normalized spacial score (nSPS) is 47.3. The first kappa shape index (κ1) is 18.3. The summed E-state index contributed by atoms with van der Waals surface area (Å²) in [5.41, 5.74) is 5.56. The fraction of sp³-hybridized carbons (Fsp3) is 0.905. The van der Waals surface area contributed by atoms with Gasteiger partial charge < -0.3 is 16.4 Å². The summed E-state index contributed by atoms with van der Waals surface area (Å²) in [5.74, 6) is 5.12. The number of fused-ring (bicyclic) bond motifs is 5. The van der Waals surface area contributed by atoms with E-state index < -0.39 is 0 Å². The molecule has 3 saturated carbocycles. The third-order valence-corrected chi connectivity index (χ3v) is 8.23. The van der Waals surface area contributed by atoms with Gasteiger partial charge in [-0.15, -0.1) is 0 Å². The van der Waals surface area contributed by atoms with Crippen molar-refractivity contribution in [3.63, 3.8) is 0 Å². The van der Waals surface area contributed by atoms with Crippen molar-refractivity contribution < 1.29 is 9.59 Å². The van der Waals surface area contributed by atoms with Gasteiger partial charge in [0.05, 0.1) is 0 Å². The summed E-state index contributed by atoms with van der Waals surface area (Å²) < 4.78 is 0. The van der Waals surface area contributed by atoms with Gasteiger partial charge in [-0.2, -0.15) is 0 Å². The average Bonchev–Trinajstić information content (AvgIpc) is 3.05. The Morgan fingerprint density at radius 1 is 1.08 bits per heavy atom. The Morgan fingerprint density at radius 2 is 1.85 bits per heavy atom. The van der Waals surface area contributed by atoms with E-state index in [0.29, 0.717) is 55.1 Å². The molecule has 9 atom stereocenters. The molecular weight excluding hydrogens is 326 g/mol. The van der Waals surface area contributed by atoms with Crippen LogP contribution in [0.1, 0.15) is 52.4 Å². The summed E-state index contributed by atoms with van der Waals surface area (Å²) in [7, 11) is 0. The van der Waals surface area contributed by atoms with Gasteiger partial charge in [0, 0.05) is 31.5 Å². The molecule has 0 aromatic heterocycles. The van der Waals surface area contributed by atoms with Crippen LogP contribution < -0.4 is 16.4 Å². The Bertz CT molecular complexity index is 565.